The van der Waals surface area contributed by atoms with Crippen molar-refractivity contribution in [1.82, 2.24) is 4.90 Å². The zero-order chi connectivity index (χ0) is 21.1. The summed E-state index contributed by atoms with van der Waals surface area (Å²) < 4.78 is 66.9. The highest BCUT2D eigenvalue weighted by molar-refractivity contribution is 5.77. The lowest BCUT2D eigenvalue weighted by Crippen LogP contribution is -2.50. The Morgan fingerprint density at radius 3 is 2.21 bits per heavy atom. The van der Waals surface area contributed by atoms with Gasteiger partial charge in [-0.1, -0.05) is 0 Å². The lowest BCUT2D eigenvalue weighted by molar-refractivity contribution is -0.131. The number of amides is 1. The third-order valence-electron chi connectivity index (χ3n) is 4.89. The van der Waals surface area contributed by atoms with Gasteiger partial charge >= 0.3 is 0 Å². The SMILES string of the molecule is N[C@@H](CC(=O)N1CCN(c2ccc(F)cc2F)CC1)Cc1cc(F)c(F)cc1F. The van der Waals surface area contributed by atoms with Gasteiger partial charge in [0.1, 0.15) is 17.5 Å². The van der Waals surface area contributed by atoms with E-state index in [0.717, 1.165) is 12.1 Å². The lowest BCUT2D eigenvalue weighted by Gasteiger charge is -2.36. The van der Waals surface area contributed by atoms with E-state index in [1.165, 1.54) is 12.1 Å². The summed E-state index contributed by atoms with van der Waals surface area (Å²) in [5.74, 6) is -4.97. The van der Waals surface area contributed by atoms with Crippen LogP contribution in [0.25, 0.3) is 0 Å². The number of rotatable bonds is 5. The van der Waals surface area contributed by atoms with Crippen LogP contribution in [-0.2, 0) is 11.2 Å². The smallest absolute Gasteiger partial charge is 0.224 e. The van der Waals surface area contributed by atoms with Gasteiger partial charge in [0.2, 0.25) is 5.91 Å². The molecule has 0 spiro atoms. The van der Waals surface area contributed by atoms with Crippen molar-refractivity contribution in [3.63, 3.8) is 0 Å². The molecule has 4 nitrogen and oxygen atoms in total. The molecule has 2 aromatic rings. The molecular formula is C20H20F5N3O. The highest BCUT2D eigenvalue weighted by atomic mass is 19.2. The zero-order valence-electron chi connectivity index (χ0n) is 15.5. The Hall–Kier alpha value is -2.68. The van der Waals surface area contributed by atoms with Crippen molar-refractivity contribution in [2.75, 3.05) is 31.1 Å². The summed E-state index contributed by atoms with van der Waals surface area (Å²) in [5, 5.41) is 0. The Bertz CT molecular complexity index is 900. The number of nitrogens with two attached hydrogens (primary N) is 1. The summed E-state index contributed by atoms with van der Waals surface area (Å²) in [5.41, 5.74) is 6.07. The highest BCUT2D eigenvalue weighted by Crippen LogP contribution is 2.22. The third kappa shape index (κ3) is 5.03. The molecule has 0 bridgehead atoms. The molecule has 9 heteroatoms. The van der Waals surface area contributed by atoms with Crippen molar-refractivity contribution in [2.24, 2.45) is 5.73 Å². The summed E-state index contributed by atoms with van der Waals surface area (Å²) >= 11 is 0. The van der Waals surface area contributed by atoms with Gasteiger partial charge in [0.25, 0.3) is 0 Å². The number of carbonyl (C=O) groups is 1. The van der Waals surface area contributed by atoms with E-state index < -0.39 is 35.1 Å². The number of piperazine rings is 1. The largest absolute Gasteiger partial charge is 0.366 e. The third-order valence-corrected chi connectivity index (χ3v) is 4.89. The van der Waals surface area contributed by atoms with Gasteiger partial charge in [0.05, 0.1) is 5.69 Å². The molecule has 1 heterocycles. The van der Waals surface area contributed by atoms with Crippen molar-refractivity contribution in [1.29, 1.82) is 0 Å². The molecule has 1 aliphatic rings. The Morgan fingerprint density at radius 2 is 1.55 bits per heavy atom. The molecule has 3 rings (SSSR count). The second-order valence-corrected chi connectivity index (χ2v) is 6.99. The molecule has 0 saturated carbocycles. The number of benzene rings is 2. The monoisotopic (exact) mass is 413 g/mol. The van der Waals surface area contributed by atoms with Crippen molar-refractivity contribution in [2.45, 2.75) is 18.9 Å². The van der Waals surface area contributed by atoms with Gasteiger partial charge in [-0.25, -0.2) is 22.0 Å². The first-order valence-electron chi connectivity index (χ1n) is 9.11. The van der Waals surface area contributed by atoms with E-state index in [1.807, 2.05) is 0 Å². The summed E-state index contributed by atoms with van der Waals surface area (Å²) in [7, 11) is 0. The van der Waals surface area contributed by atoms with Gasteiger partial charge in [0, 0.05) is 50.8 Å². The number of nitrogens with zero attached hydrogens (tertiary/aromatic N) is 2. The molecule has 0 radical (unpaired) electrons. The molecule has 2 N–H and O–H groups in total. The van der Waals surface area contributed by atoms with E-state index in [1.54, 1.807) is 9.80 Å². The second kappa shape index (κ2) is 8.77. The summed E-state index contributed by atoms with van der Waals surface area (Å²) in [6.07, 6.45) is -0.209. The standard InChI is InChI=1S/C20H20F5N3O/c21-13-1-2-19(18(25)9-13)27-3-5-28(6-4-27)20(29)10-14(26)7-12-8-16(23)17(24)11-15(12)22/h1-2,8-9,11,14H,3-7,10,26H2/t14-/m1/s1. The van der Waals surface area contributed by atoms with Gasteiger partial charge in [-0.05, 0) is 30.2 Å². The quantitative estimate of drug-likeness (QED) is 0.606. The summed E-state index contributed by atoms with van der Waals surface area (Å²) in [4.78, 5) is 15.7. The van der Waals surface area contributed by atoms with E-state index in [4.69, 9.17) is 5.73 Å². The summed E-state index contributed by atoms with van der Waals surface area (Å²) in [6.45, 7) is 1.37. The molecule has 1 aliphatic heterocycles. The minimum Gasteiger partial charge on any atom is -0.366 e. The lowest BCUT2D eigenvalue weighted by atomic mass is 10.0. The molecule has 156 valence electrons. The zero-order valence-corrected chi connectivity index (χ0v) is 15.5. The van der Waals surface area contributed by atoms with E-state index in [2.05, 4.69) is 0 Å². The van der Waals surface area contributed by atoms with Crippen LogP contribution in [0.15, 0.2) is 30.3 Å². The van der Waals surface area contributed by atoms with E-state index >= 15 is 0 Å². The molecule has 2 aromatic carbocycles. The van der Waals surface area contributed by atoms with Crippen LogP contribution in [0.4, 0.5) is 27.6 Å². The molecule has 1 saturated heterocycles. The van der Waals surface area contributed by atoms with Crippen LogP contribution >= 0.6 is 0 Å². The topological polar surface area (TPSA) is 49.6 Å². The fourth-order valence-electron chi connectivity index (χ4n) is 3.36. The Labute approximate surface area is 164 Å². The Kier molecular flexibility index (Phi) is 6.36. The van der Waals surface area contributed by atoms with Crippen molar-refractivity contribution in [3.05, 3.63) is 65.0 Å². The van der Waals surface area contributed by atoms with Crippen LogP contribution in [0.1, 0.15) is 12.0 Å². The van der Waals surface area contributed by atoms with E-state index in [-0.39, 0.29) is 30.0 Å². The van der Waals surface area contributed by atoms with Gasteiger partial charge in [0.15, 0.2) is 11.6 Å². The molecule has 0 aromatic heterocycles. The molecule has 1 atom stereocenters. The van der Waals surface area contributed by atoms with Crippen LogP contribution in [-0.4, -0.2) is 43.0 Å². The van der Waals surface area contributed by atoms with Gasteiger partial charge in [-0.15, -0.1) is 0 Å². The maximum atomic E-state index is 13.9. The first-order valence-corrected chi connectivity index (χ1v) is 9.11. The fraction of sp³-hybridized carbons (Fsp3) is 0.350. The van der Waals surface area contributed by atoms with Crippen LogP contribution in [0.5, 0.6) is 0 Å². The van der Waals surface area contributed by atoms with Crippen molar-refractivity contribution >= 4 is 11.6 Å². The average Bonchev–Trinajstić information content (AvgIpc) is 2.66. The minimum atomic E-state index is -1.29. The van der Waals surface area contributed by atoms with E-state index in [0.29, 0.717) is 32.2 Å². The van der Waals surface area contributed by atoms with Gasteiger partial charge in [-0.3, -0.25) is 4.79 Å². The van der Waals surface area contributed by atoms with Gasteiger partial charge in [-0.2, -0.15) is 0 Å². The highest BCUT2D eigenvalue weighted by Gasteiger charge is 2.24. The van der Waals surface area contributed by atoms with Crippen molar-refractivity contribution in [3.8, 4) is 0 Å². The van der Waals surface area contributed by atoms with Crippen LogP contribution < -0.4 is 10.6 Å². The maximum absolute atomic E-state index is 13.9. The number of hydrogen-bond donors (Lipinski definition) is 1. The number of carbonyl (C=O) groups excluding carboxylic acids is 1. The molecule has 1 fully saturated rings. The predicted octanol–water partition coefficient (Wildman–Crippen LogP) is 2.99. The predicted molar refractivity (Wildman–Crippen MR) is 97.8 cm³/mol. The molecular weight excluding hydrogens is 393 g/mol. The van der Waals surface area contributed by atoms with Crippen LogP contribution in [0.2, 0.25) is 0 Å². The summed E-state index contributed by atoms with van der Waals surface area (Å²) in [6, 6.07) is 3.76. The molecule has 29 heavy (non-hydrogen) atoms. The average molecular weight is 413 g/mol. The Morgan fingerprint density at radius 1 is 0.897 bits per heavy atom. The van der Waals surface area contributed by atoms with Crippen molar-refractivity contribution < 1.29 is 26.7 Å². The number of hydrogen-bond acceptors (Lipinski definition) is 3. The second-order valence-electron chi connectivity index (χ2n) is 6.99. The molecule has 1 amide bonds. The first kappa shape index (κ1) is 21.0. The number of halogens is 5. The molecule has 0 aliphatic carbocycles. The van der Waals surface area contributed by atoms with Crippen LogP contribution in [0.3, 0.4) is 0 Å². The molecule has 0 unspecified atom stereocenters. The van der Waals surface area contributed by atoms with Gasteiger partial charge < -0.3 is 15.5 Å². The number of anilines is 1. The fourth-order valence-corrected chi connectivity index (χ4v) is 3.36. The van der Waals surface area contributed by atoms with Crippen LogP contribution in [0, 0.1) is 29.1 Å². The maximum Gasteiger partial charge on any atom is 0.224 e. The normalized spacial score (nSPS) is 15.5. The minimum absolute atomic E-state index is 0.0939. The Balaban J connectivity index is 1.53. The van der Waals surface area contributed by atoms with E-state index in [9.17, 15) is 26.7 Å². The first-order chi connectivity index (χ1) is 13.7.